The zero-order chi connectivity index (χ0) is 23.2. The second kappa shape index (κ2) is 10.6. The van der Waals surface area contributed by atoms with Crippen LogP contribution in [0.15, 0.2) is 54.7 Å². The zero-order valence-corrected chi connectivity index (χ0v) is 19.5. The van der Waals surface area contributed by atoms with Crippen LogP contribution in [0.5, 0.6) is 0 Å². The molecule has 0 bridgehead atoms. The summed E-state index contributed by atoms with van der Waals surface area (Å²) in [5.41, 5.74) is 0.620. The number of halogens is 1. The SMILES string of the molecule is C\C=C/C=C\C=C\C[C@H]1CC[C@H](C)N(Cc2ccc(C3(CC#N)COC3)cc2F)S1(=O)=O. The Bertz CT molecular complexity index is 1040. The van der Waals surface area contributed by atoms with Crippen LogP contribution in [0.2, 0.25) is 0 Å². The van der Waals surface area contributed by atoms with Gasteiger partial charge in [0.25, 0.3) is 0 Å². The van der Waals surface area contributed by atoms with Gasteiger partial charge in [0.2, 0.25) is 10.0 Å². The molecule has 0 amide bonds. The third-order valence-electron chi connectivity index (χ3n) is 6.37. The number of nitrogens with zero attached hydrogens (tertiary/aromatic N) is 2. The summed E-state index contributed by atoms with van der Waals surface area (Å²) in [6, 6.07) is 6.87. The van der Waals surface area contributed by atoms with E-state index in [9.17, 15) is 12.8 Å². The summed E-state index contributed by atoms with van der Waals surface area (Å²) in [6.07, 6.45) is 13.4. The molecule has 0 aromatic heterocycles. The molecule has 2 heterocycles. The maximum absolute atomic E-state index is 15.0. The summed E-state index contributed by atoms with van der Waals surface area (Å²) < 4.78 is 48.2. The van der Waals surface area contributed by atoms with E-state index in [1.165, 1.54) is 10.4 Å². The van der Waals surface area contributed by atoms with Gasteiger partial charge in [-0.3, -0.25) is 0 Å². The summed E-state index contributed by atoms with van der Waals surface area (Å²) in [4.78, 5) is 0. The minimum atomic E-state index is -3.55. The van der Waals surface area contributed by atoms with Gasteiger partial charge in [-0.05, 0) is 44.7 Å². The topological polar surface area (TPSA) is 70.4 Å². The lowest BCUT2D eigenvalue weighted by atomic mass is 9.76. The molecule has 32 heavy (non-hydrogen) atoms. The first-order chi connectivity index (χ1) is 15.3. The number of allylic oxidation sites excluding steroid dienone is 6. The highest BCUT2D eigenvalue weighted by Crippen LogP contribution is 2.37. The molecule has 2 fully saturated rings. The Morgan fingerprint density at radius 1 is 1.25 bits per heavy atom. The van der Waals surface area contributed by atoms with Crippen LogP contribution in [0, 0.1) is 17.1 Å². The minimum Gasteiger partial charge on any atom is -0.379 e. The molecule has 2 saturated heterocycles. The molecule has 0 N–H and O–H groups in total. The van der Waals surface area contributed by atoms with E-state index >= 15 is 0 Å². The first-order valence-electron chi connectivity index (χ1n) is 11.0. The fourth-order valence-corrected chi connectivity index (χ4v) is 6.34. The monoisotopic (exact) mass is 458 g/mol. The molecule has 0 spiro atoms. The van der Waals surface area contributed by atoms with Crippen molar-refractivity contribution in [3.05, 3.63) is 71.6 Å². The largest absolute Gasteiger partial charge is 0.379 e. The smallest absolute Gasteiger partial charge is 0.217 e. The number of sulfonamides is 1. The van der Waals surface area contributed by atoms with Gasteiger partial charge in [-0.25, -0.2) is 12.8 Å². The van der Waals surface area contributed by atoms with E-state index in [0.717, 1.165) is 12.0 Å². The number of benzene rings is 1. The second-order valence-electron chi connectivity index (χ2n) is 8.63. The maximum atomic E-state index is 15.0. The van der Waals surface area contributed by atoms with Crippen LogP contribution >= 0.6 is 0 Å². The molecule has 1 aromatic rings. The van der Waals surface area contributed by atoms with Gasteiger partial charge in [-0.2, -0.15) is 9.57 Å². The van der Waals surface area contributed by atoms with Gasteiger partial charge in [-0.15, -0.1) is 0 Å². The van der Waals surface area contributed by atoms with Gasteiger partial charge in [0, 0.05) is 24.6 Å². The number of hydrogen-bond donors (Lipinski definition) is 0. The van der Waals surface area contributed by atoms with Crippen LogP contribution in [-0.4, -0.2) is 37.2 Å². The van der Waals surface area contributed by atoms with Crippen LogP contribution < -0.4 is 0 Å². The molecule has 2 aliphatic heterocycles. The van der Waals surface area contributed by atoms with Crippen molar-refractivity contribution in [2.75, 3.05) is 13.2 Å². The van der Waals surface area contributed by atoms with Gasteiger partial charge in [0.1, 0.15) is 5.82 Å². The summed E-state index contributed by atoms with van der Waals surface area (Å²) >= 11 is 0. The number of ether oxygens (including phenoxy) is 1. The minimum absolute atomic E-state index is 0.0127. The summed E-state index contributed by atoms with van der Waals surface area (Å²) in [7, 11) is -3.55. The highest BCUT2D eigenvalue weighted by molar-refractivity contribution is 7.89. The number of hydrogen-bond acceptors (Lipinski definition) is 4. The van der Waals surface area contributed by atoms with Crippen molar-refractivity contribution in [1.29, 1.82) is 5.26 Å². The van der Waals surface area contributed by atoms with Crippen molar-refractivity contribution in [3.8, 4) is 6.07 Å². The molecule has 1 aromatic carbocycles. The van der Waals surface area contributed by atoms with Crippen molar-refractivity contribution in [2.45, 2.75) is 62.8 Å². The Morgan fingerprint density at radius 3 is 2.62 bits per heavy atom. The predicted molar refractivity (Wildman–Crippen MR) is 124 cm³/mol. The van der Waals surface area contributed by atoms with E-state index < -0.39 is 26.5 Å². The van der Waals surface area contributed by atoms with Crippen molar-refractivity contribution in [1.82, 2.24) is 4.31 Å². The summed E-state index contributed by atoms with van der Waals surface area (Å²) in [5.74, 6) is -0.440. The molecule has 172 valence electrons. The lowest BCUT2D eigenvalue weighted by Gasteiger charge is -2.40. The van der Waals surface area contributed by atoms with Gasteiger partial charge < -0.3 is 4.74 Å². The maximum Gasteiger partial charge on any atom is 0.217 e. The number of rotatable bonds is 8. The third-order valence-corrected chi connectivity index (χ3v) is 8.79. The molecule has 2 aliphatic rings. The van der Waals surface area contributed by atoms with Gasteiger partial charge in [0.05, 0.1) is 29.9 Å². The van der Waals surface area contributed by atoms with Crippen molar-refractivity contribution in [3.63, 3.8) is 0 Å². The standard InChI is InChI=1S/C25H31FN2O3S/c1-3-4-5-6-7-8-9-23-13-10-20(2)28(32(23,29)30)17-21-11-12-22(16-24(21)26)25(14-15-27)18-31-19-25/h3-8,11-12,16,20,23H,9-10,13-14,17-19H2,1-2H3/b4-3-,6-5-,8-7+/t20-,23-/m0/s1. The lowest BCUT2D eigenvalue weighted by Crippen LogP contribution is -2.48. The van der Waals surface area contributed by atoms with Crippen molar-refractivity contribution in [2.24, 2.45) is 0 Å². The predicted octanol–water partition coefficient (Wildman–Crippen LogP) is 4.77. The Hall–Kier alpha value is -2.27. The molecule has 5 nitrogen and oxygen atoms in total. The average molecular weight is 459 g/mol. The second-order valence-corrected chi connectivity index (χ2v) is 10.8. The van der Waals surface area contributed by atoms with E-state index in [1.807, 2.05) is 50.3 Å². The van der Waals surface area contributed by atoms with Crippen LogP contribution in [0.3, 0.4) is 0 Å². The van der Waals surface area contributed by atoms with Gasteiger partial charge in [0.15, 0.2) is 0 Å². The quantitative estimate of drug-likeness (QED) is 0.526. The van der Waals surface area contributed by atoms with E-state index in [4.69, 9.17) is 10.00 Å². The first-order valence-corrected chi connectivity index (χ1v) is 12.5. The van der Waals surface area contributed by atoms with Crippen molar-refractivity contribution < 1.29 is 17.5 Å². The van der Waals surface area contributed by atoms with E-state index in [2.05, 4.69) is 6.07 Å². The first kappa shape index (κ1) is 24.4. The van der Waals surface area contributed by atoms with Gasteiger partial charge >= 0.3 is 0 Å². The zero-order valence-electron chi connectivity index (χ0n) is 18.7. The molecule has 0 unspecified atom stereocenters. The molecular weight excluding hydrogens is 427 g/mol. The van der Waals surface area contributed by atoms with Crippen LogP contribution in [0.4, 0.5) is 4.39 Å². The van der Waals surface area contributed by atoms with Crippen LogP contribution in [-0.2, 0) is 26.7 Å². The van der Waals surface area contributed by atoms with Crippen LogP contribution in [0.25, 0.3) is 0 Å². The molecule has 0 saturated carbocycles. The highest BCUT2D eigenvalue weighted by Gasteiger charge is 2.42. The molecule has 2 atom stereocenters. The van der Waals surface area contributed by atoms with Crippen LogP contribution in [0.1, 0.15) is 50.7 Å². The average Bonchev–Trinajstić information content (AvgIpc) is 2.73. The van der Waals surface area contributed by atoms with E-state index in [-0.39, 0.29) is 19.0 Å². The molecule has 7 heteroatoms. The lowest BCUT2D eigenvalue weighted by molar-refractivity contribution is -0.0578. The normalized spacial score (nSPS) is 25.3. The van der Waals surface area contributed by atoms with Gasteiger partial charge in [-0.1, -0.05) is 48.6 Å². The molecule has 0 aliphatic carbocycles. The Balaban J connectivity index is 1.74. The summed E-state index contributed by atoms with van der Waals surface area (Å²) in [5, 5.41) is 8.61. The summed E-state index contributed by atoms with van der Waals surface area (Å²) in [6.45, 7) is 4.62. The fraction of sp³-hybridized carbons (Fsp3) is 0.480. The Labute approximate surface area is 190 Å². The highest BCUT2D eigenvalue weighted by atomic mass is 32.2. The third kappa shape index (κ3) is 5.20. The molecule has 3 rings (SSSR count). The Morgan fingerprint density at radius 2 is 2.00 bits per heavy atom. The molecule has 0 radical (unpaired) electrons. The van der Waals surface area contributed by atoms with E-state index in [1.54, 1.807) is 12.1 Å². The fourth-order valence-electron chi connectivity index (χ4n) is 4.24. The molecular formula is C25H31FN2O3S. The number of nitriles is 1. The van der Waals surface area contributed by atoms with E-state index in [0.29, 0.717) is 31.6 Å². The Kier molecular flexibility index (Phi) is 8.05. The van der Waals surface area contributed by atoms with Crippen molar-refractivity contribution >= 4 is 10.0 Å².